The third-order valence-corrected chi connectivity index (χ3v) is 2.60. The zero-order valence-corrected chi connectivity index (χ0v) is 11.0. The molecule has 3 N–H and O–H groups in total. The van der Waals surface area contributed by atoms with Crippen LogP contribution in [-0.4, -0.2) is 23.1 Å². The Labute approximate surface area is 103 Å². The molecule has 1 atom stereocenters. The topological polar surface area (TPSA) is 73.1 Å². The molecule has 96 valence electrons. The molecule has 1 heterocycles. The maximum atomic E-state index is 5.71. The lowest BCUT2D eigenvalue weighted by Crippen LogP contribution is -2.18. The van der Waals surface area contributed by atoms with Crippen molar-refractivity contribution in [2.75, 3.05) is 18.2 Å². The molecule has 0 saturated carbocycles. The Bertz CT molecular complexity index is 354. The van der Waals surface area contributed by atoms with Crippen molar-refractivity contribution in [2.24, 2.45) is 5.92 Å². The number of methoxy groups -OCH3 is 1. The molecule has 1 unspecified atom stereocenters. The van der Waals surface area contributed by atoms with Crippen molar-refractivity contribution in [1.29, 1.82) is 0 Å². The predicted octanol–water partition coefficient (Wildman–Crippen LogP) is 2.30. The molecule has 0 aliphatic rings. The highest BCUT2D eigenvalue weighted by atomic mass is 16.5. The van der Waals surface area contributed by atoms with E-state index in [1.165, 1.54) is 12.7 Å². The van der Waals surface area contributed by atoms with Crippen LogP contribution >= 0.6 is 0 Å². The van der Waals surface area contributed by atoms with Crippen LogP contribution in [0, 0.1) is 5.92 Å². The number of ether oxygens (including phenoxy) is 1. The van der Waals surface area contributed by atoms with Gasteiger partial charge in [0.15, 0.2) is 11.6 Å². The summed E-state index contributed by atoms with van der Waals surface area (Å²) in [6.45, 7) is 6.56. The summed E-state index contributed by atoms with van der Waals surface area (Å²) in [4.78, 5) is 8.04. The first-order valence-electron chi connectivity index (χ1n) is 5.95. The Kier molecular flexibility index (Phi) is 5.00. The average Bonchev–Trinajstić information content (AvgIpc) is 2.27. The van der Waals surface area contributed by atoms with Crippen molar-refractivity contribution < 1.29 is 4.74 Å². The average molecular weight is 238 g/mol. The minimum absolute atomic E-state index is 0.334. The lowest BCUT2D eigenvalue weighted by atomic mass is 10.0. The van der Waals surface area contributed by atoms with Gasteiger partial charge in [-0.05, 0) is 25.7 Å². The van der Waals surface area contributed by atoms with E-state index in [2.05, 4.69) is 36.1 Å². The first-order valence-corrected chi connectivity index (χ1v) is 5.95. The summed E-state index contributed by atoms with van der Waals surface area (Å²) in [6, 6.07) is 0.334. The Morgan fingerprint density at radius 3 is 2.59 bits per heavy atom. The first-order chi connectivity index (χ1) is 8.04. The third-order valence-electron chi connectivity index (χ3n) is 2.60. The molecule has 0 fully saturated rings. The van der Waals surface area contributed by atoms with E-state index >= 15 is 0 Å². The fraction of sp³-hybridized carbons (Fsp3) is 0.667. The van der Waals surface area contributed by atoms with Gasteiger partial charge in [-0.3, -0.25) is 0 Å². The molecule has 1 aromatic rings. The van der Waals surface area contributed by atoms with Gasteiger partial charge in [0, 0.05) is 6.04 Å². The predicted molar refractivity (Wildman–Crippen MR) is 70.2 cm³/mol. The molecule has 17 heavy (non-hydrogen) atoms. The number of rotatable bonds is 6. The maximum absolute atomic E-state index is 5.71. The van der Waals surface area contributed by atoms with Crippen molar-refractivity contribution in [3.05, 3.63) is 6.33 Å². The summed E-state index contributed by atoms with van der Waals surface area (Å²) in [7, 11) is 1.57. The molecule has 5 nitrogen and oxygen atoms in total. The molecule has 5 heteroatoms. The van der Waals surface area contributed by atoms with Crippen LogP contribution in [0.2, 0.25) is 0 Å². The van der Waals surface area contributed by atoms with Crippen LogP contribution in [0.15, 0.2) is 6.33 Å². The van der Waals surface area contributed by atoms with Crippen LogP contribution < -0.4 is 15.8 Å². The smallest absolute Gasteiger partial charge is 0.203 e. The van der Waals surface area contributed by atoms with Crippen LogP contribution in [-0.2, 0) is 0 Å². The molecular formula is C12H22N4O. The van der Waals surface area contributed by atoms with Crippen LogP contribution in [0.4, 0.5) is 11.6 Å². The standard InChI is InChI=1S/C12H22N4O/c1-8(2)5-6-9(3)16-12-10(17-4)11(13)14-7-15-12/h7-9H,5-6H2,1-4H3,(H3,13,14,15,16). The minimum Gasteiger partial charge on any atom is -0.490 e. The third kappa shape index (κ3) is 4.09. The second kappa shape index (κ2) is 6.27. The highest BCUT2D eigenvalue weighted by Crippen LogP contribution is 2.27. The summed E-state index contributed by atoms with van der Waals surface area (Å²) < 4.78 is 5.19. The van der Waals surface area contributed by atoms with Gasteiger partial charge in [0.1, 0.15) is 6.33 Å². The van der Waals surface area contributed by atoms with Crippen molar-refractivity contribution in [2.45, 2.75) is 39.7 Å². The SMILES string of the molecule is COc1c(N)ncnc1NC(C)CCC(C)C. The van der Waals surface area contributed by atoms with E-state index in [0.717, 1.165) is 6.42 Å². The Morgan fingerprint density at radius 1 is 1.29 bits per heavy atom. The second-order valence-electron chi connectivity index (χ2n) is 4.66. The second-order valence-corrected chi connectivity index (χ2v) is 4.66. The van der Waals surface area contributed by atoms with E-state index in [0.29, 0.717) is 29.3 Å². The molecule has 0 saturated heterocycles. The minimum atomic E-state index is 0.334. The molecule has 0 aliphatic carbocycles. The molecule has 0 bridgehead atoms. The van der Waals surface area contributed by atoms with E-state index in [4.69, 9.17) is 10.5 Å². The lowest BCUT2D eigenvalue weighted by Gasteiger charge is -2.17. The molecule has 0 aromatic carbocycles. The Balaban J connectivity index is 2.64. The summed E-state index contributed by atoms with van der Waals surface area (Å²) >= 11 is 0. The van der Waals surface area contributed by atoms with E-state index in [-0.39, 0.29) is 0 Å². The number of aromatic nitrogens is 2. The molecule has 0 aliphatic heterocycles. The van der Waals surface area contributed by atoms with Gasteiger partial charge in [-0.1, -0.05) is 13.8 Å². The lowest BCUT2D eigenvalue weighted by molar-refractivity contribution is 0.414. The number of nitrogens with zero attached hydrogens (tertiary/aromatic N) is 2. The van der Waals surface area contributed by atoms with E-state index < -0.39 is 0 Å². The highest BCUT2D eigenvalue weighted by molar-refractivity contribution is 5.61. The molecule has 0 spiro atoms. The van der Waals surface area contributed by atoms with Crippen molar-refractivity contribution in [3.63, 3.8) is 0 Å². The van der Waals surface area contributed by atoms with Crippen LogP contribution in [0.3, 0.4) is 0 Å². The van der Waals surface area contributed by atoms with Gasteiger partial charge in [0.2, 0.25) is 5.75 Å². The molecule has 0 radical (unpaired) electrons. The van der Waals surface area contributed by atoms with Crippen molar-refractivity contribution in [3.8, 4) is 5.75 Å². The van der Waals surface area contributed by atoms with E-state index in [9.17, 15) is 0 Å². The first kappa shape index (κ1) is 13.5. The zero-order valence-electron chi connectivity index (χ0n) is 11.0. The number of hydrogen-bond donors (Lipinski definition) is 2. The molecule has 0 amide bonds. The summed E-state index contributed by atoms with van der Waals surface area (Å²) in [5.41, 5.74) is 5.71. The Morgan fingerprint density at radius 2 is 2.00 bits per heavy atom. The van der Waals surface area contributed by atoms with Gasteiger partial charge >= 0.3 is 0 Å². The molecule has 1 rings (SSSR count). The van der Waals surface area contributed by atoms with Crippen LogP contribution in [0.5, 0.6) is 5.75 Å². The summed E-state index contributed by atoms with van der Waals surface area (Å²) in [5, 5.41) is 3.30. The maximum Gasteiger partial charge on any atom is 0.203 e. The summed E-state index contributed by atoms with van der Waals surface area (Å²) in [6.07, 6.45) is 3.71. The fourth-order valence-corrected chi connectivity index (χ4v) is 1.58. The fourth-order valence-electron chi connectivity index (χ4n) is 1.58. The Hall–Kier alpha value is -1.52. The normalized spacial score (nSPS) is 12.5. The van der Waals surface area contributed by atoms with Gasteiger partial charge in [-0.15, -0.1) is 0 Å². The van der Waals surface area contributed by atoms with E-state index in [1.54, 1.807) is 7.11 Å². The quantitative estimate of drug-likeness (QED) is 0.795. The van der Waals surface area contributed by atoms with Gasteiger partial charge in [-0.25, -0.2) is 9.97 Å². The molecule has 1 aromatic heterocycles. The highest BCUT2D eigenvalue weighted by Gasteiger charge is 2.12. The largest absolute Gasteiger partial charge is 0.490 e. The number of nitrogen functional groups attached to an aromatic ring is 1. The number of nitrogens with two attached hydrogens (primary N) is 1. The van der Waals surface area contributed by atoms with Crippen LogP contribution in [0.25, 0.3) is 0 Å². The van der Waals surface area contributed by atoms with Crippen LogP contribution in [0.1, 0.15) is 33.6 Å². The van der Waals surface area contributed by atoms with Crippen molar-refractivity contribution in [1.82, 2.24) is 9.97 Å². The van der Waals surface area contributed by atoms with Gasteiger partial charge in [0.25, 0.3) is 0 Å². The number of nitrogens with one attached hydrogen (secondary N) is 1. The van der Waals surface area contributed by atoms with Crippen molar-refractivity contribution >= 4 is 11.6 Å². The summed E-state index contributed by atoms with van der Waals surface area (Å²) in [5.74, 6) is 2.25. The molecular weight excluding hydrogens is 216 g/mol. The van der Waals surface area contributed by atoms with Gasteiger partial charge in [0.05, 0.1) is 7.11 Å². The monoisotopic (exact) mass is 238 g/mol. The van der Waals surface area contributed by atoms with Gasteiger partial charge < -0.3 is 15.8 Å². The number of hydrogen-bond acceptors (Lipinski definition) is 5. The number of anilines is 2. The van der Waals surface area contributed by atoms with E-state index in [1.807, 2.05) is 0 Å². The van der Waals surface area contributed by atoms with Gasteiger partial charge in [-0.2, -0.15) is 0 Å². The zero-order chi connectivity index (χ0) is 12.8.